The van der Waals surface area contributed by atoms with Crippen molar-refractivity contribution in [2.24, 2.45) is 11.8 Å². The fraction of sp³-hybridized carbons (Fsp3) is 0.609. The van der Waals surface area contributed by atoms with Crippen molar-refractivity contribution in [1.29, 1.82) is 0 Å². The molecule has 4 N–H and O–H groups in total. The fourth-order valence-corrected chi connectivity index (χ4v) is 3.41. The Hall–Kier alpha value is -1.43. The van der Waals surface area contributed by atoms with E-state index >= 15 is 0 Å². The molecule has 11 heteroatoms. The summed E-state index contributed by atoms with van der Waals surface area (Å²) in [6.07, 6.45) is -3.36. The Morgan fingerprint density at radius 1 is 1.09 bits per heavy atom. The summed E-state index contributed by atoms with van der Waals surface area (Å²) in [6, 6.07) is 6.44. The molecule has 1 aromatic rings. The van der Waals surface area contributed by atoms with Crippen molar-refractivity contribution in [3.8, 4) is 5.75 Å². The van der Waals surface area contributed by atoms with Gasteiger partial charge in [-0.25, -0.2) is 0 Å². The molecule has 5 unspecified atom stereocenters. The molecule has 2 amide bonds. The maximum atomic E-state index is 11.3. The number of carbonyl (C=O) groups is 3. The van der Waals surface area contributed by atoms with E-state index in [1.807, 2.05) is 27.7 Å². The van der Waals surface area contributed by atoms with Crippen LogP contribution >= 0.6 is 0 Å². The largest absolute Gasteiger partial charge is 0.665 e. The van der Waals surface area contributed by atoms with Crippen molar-refractivity contribution in [3.63, 3.8) is 0 Å². The fourth-order valence-electron chi connectivity index (χ4n) is 3.41. The Bertz CT molecular complexity index is 760. The van der Waals surface area contributed by atoms with Gasteiger partial charge in [0.05, 0.1) is 30.8 Å². The number of nitrogens with one attached hydrogen (secondary N) is 2. The van der Waals surface area contributed by atoms with Gasteiger partial charge in [0.15, 0.2) is 0 Å². The quantitative estimate of drug-likeness (QED) is 0.439. The van der Waals surface area contributed by atoms with Gasteiger partial charge in [0, 0.05) is 45.0 Å². The van der Waals surface area contributed by atoms with Gasteiger partial charge in [0.1, 0.15) is 24.2 Å². The summed E-state index contributed by atoms with van der Waals surface area (Å²) in [6.45, 7) is 7.83. The Morgan fingerprint density at radius 2 is 1.68 bits per heavy atom. The minimum Gasteiger partial charge on any atom is -0.665 e. The average Bonchev–Trinajstić information content (AvgIpc) is 2.71. The molecule has 2 rings (SSSR count). The minimum absolute atomic E-state index is 0. The third-order valence-corrected chi connectivity index (χ3v) is 4.94. The van der Waals surface area contributed by atoms with Gasteiger partial charge < -0.3 is 45.5 Å². The number of hydrogen-bond donors (Lipinski definition) is 2. The van der Waals surface area contributed by atoms with Crippen LogP contribution in [-0.4, -0.2) is 65.6 Å². The summed E-state index contributed by atoms with van der Waals surface area (Å²) >= 11 is 0. The van der Waals surface area contributed by atoms with Gasteiger partial charge in [-0.05, 0) is 43.9 Å². The summed E-state index contributed by atoms with van der Waals surface area (Å²) < 4.78 is 15.3. The molecule has 1 aliphatic rings. The first-order valence-electron chi connectivity index (χ1n) is 10.8. The third-order valence-electron chi connectivity index (χ3n) is 4.94. The zero-order chi connectivity index (χ0) is 25.1. The topological polar surface area (TPSA) is 167 Å². The summed E-state index contributed by atoms with van der Waals surface area (Å²) in [5.74, 6) is -0.873. The molecule has 34 heavy (non-hydrogen) atoms. The molecule has 189 valence electrons. The van der Waals surface area contributed by atoms with Crippen molar-refractivity contribution < 1.29 is 71.5 Å². The molecule has 0 bridgehead atoms. The second-order valence-electron chi connectivity index (χ2n) is 8.52. The van der Waals surface area contributed by atoms with Crippen molar-refractivity contribution in [1.82, 2.24) is 0 Å². The van der Waals surface area contributed by atoms with Gasteiger partial charge in [-0.3, -0.25) is 4.79 Å². The summed E-state index contributed by atoms with van der Waals surface area (Å²) in [7, 11) is 0. The van der Waals surface area contributed by atoms with Gasteiger partial charge in [0.25, 0.3) is 0 Å². The van der Waals surface area contributed by atoms with Crippen LogP contribution in [0, 0.1) is 11.8 Å². The molecule has 1 heterocycles. The number of hydrogen-bond acceptors (Lipinski definition) is 8. The molecular weight excluding hydrogens is 521 g/mol. The molecule has 1 fully saturated rings. The maximum absolute atomic E-state index is 11.3. The SMILES string of the molecule is CC(C)CC1C(O)C(COC(C)C)OC(C([NH-])=O)C1O.[NH-]C(=O)Oc1ccc(CC=O)cc1.[Y]. The van der Waals surface area contributed by atoms with Crippen molar-refractivity contribution in [2.45, 2.75) is 71.1 Å². The maximum Gasteiger partial charge on any atom is 0.232 e. The van der Waals surface area contributed by atoms with Gasteiger partial charge in [-0.2, -0.15) is 0 Å². The van der Waals surface area contributed by atoms with Crippen LogP contribution in [0.1, 0.15) is 39.7 Å². The second kappa shape index (κ2) is 16.3. The molecule has 1 radical (unpaired) electrons. The standard InChI is InChI=1S/C14H27NO5.C9H9NO3.Y/c1-7(2)5-9-11(16)10(6-19-8(3)4)20-13(12(9)17)14(15)18;10-9(12)13-8-3-1-7(2-4-8)5-6-11;/h7-13,16-17H,5-6H2,1-4H3,(H2,15,18);1-4,6H,5H2,(H2,10,12);/p-2. The van der Waals surface area contributed by atoms with E-state index < -0.39 is 42.3 Å². The van der Waals surface area contributed by atoms with E-state index in [-0.39, 0.29) is 51.3 Å². The summed E-state index contributed by atoms with van der Waals surface area (Å²) in [4.78, 5) is 31.6. The molecule has 0 spiro atoms. The Labute approximate surface area is 225 Å². The Balaban J connectivity index is 0.000000676. The van der Waals surface area contributed by atoms with Gasteiger partial charge in [-0.1, -0.05) is 26.0 Å². The molecule has 0 aliphatic carbocycles. The number of rotatable bonds is 9. The smallest absolute Gasteiger partial charge is 0.232 e. The summed E-state index contributed by atoms with van der Waals surface area (Å²) in [5, 5.41) is 20.5. The monoisotopic (exact) mass is 555 g/mol. The van der Waals surface area contributed by atoms with Gasteiger partial charge in [-0.15, -0.1) is 0 Å². The molecule has 1 saturated heterocycles. The first-order chi connectivity index (χ1) is 15.5. The van der Waals surface area contributed by atoms with Crippen LogP contribution in [0.25, 0.3) is 11.5 Å². The van der Waals surface area contributed by atoms with E-state index in [9.17, 15) is 24.6 Å². The van der Waals surface area contributed by atoms with E-state index in [1.165, 1.54) is 0 Å². The molecule has 5 atom stereocenters. The molecule has 10 nitrogen and oxygen atoms in total. The van der Waals surface area contributed by atoms with E-state index in [4.69, 9.17) is 20.9 Å². The predicted octanol–water partition coefficient (Wildman–Crippen LogP) is 3.12. The van der Waals surface area contributed by atoms with Crippen LogP contribution < -0.4 is 4.74 Å². The zero-order valence-electron chi connectivity index (χ0n) is 20.0. The van der Waals surface area contributed by atoms with Gasteiger partial charge >= 0.3 is 0 Å². The second-order valence-corrected chi connectivity index (χ2v) is 8.52. The number of aliphatic hydroxyl groups is 2. The van der Waals surface area contributed by atoms with E-state index in [0.29, 0.717) is 18.6 Å². The molecular formula is C23H34N2O8Y-2. The summed E-state index contributed by atoms with van der Waals surface area (Å²) in [5.41, 5.74) is 14.6. The van der Waals surface area contributed by atoms with Crippen molar-refractivity contribution in [2.75, 3.05) is 6.61 Å². The van der Waals surface area contributed by atoms with Crippen LogP contribution in [0.3, 0.4) is 0 Å². The number of amides is 2. The number of aldehydes is 1. The Morgan fingerprint density at radius 3 is 2.12 bits per heavy atom. The van der Waals surface area contributed by atoms with Crippen LogP contribution in [-0.2, 0) is 58.2 Å². The molecule has 0 aromatic heterocycles. The molecule has 1 aromatic carbocycles. The number of aliphatic hydroxyl groups excluding tert-OH is 2. The first-order valence-corrected chi connectivity index (χ1v) is 10.8. The zero-order valence-corrected chi connectivity index (χ0v) is 22.8. The minimum atomic E-state index is -1.21. The molecule has 1 aliphatic heterocycles. The van der Waals surface area contributed by atoms with Gasteiger partial charge in [0.2, 0.25) is 6.09 Å². The molecule has 0 saturated carbocycles. The third kappa shape index (κ3) is 11.3. The van der Waals surface area contributed by atoms with E-state index in [0.717, 1.165) is 11.8 Å². The Kier molecular flexibility index (Phi) is 15.6. The van der Waals surface area contributed by atoms with Crippen molar-refractivity contribution >= 4 is 18.3 Å². The number of benzene rings is 1. The predicted molar refractivity (Wildman–Crippen MR) is 121 cm³/mol. The number of carbonyl (C=O) groups excluding carboxylic acids is 3. The number of ether oxygens (including phenoxy) is 3. The first kappa shape index (κ1) is 32.6. The van der Waals surface area contributed by atoms with Crippen LogP contribution in [0.5, 0.6) is 5.75 Å². The average molecular weight is 555 g/mol. The normalized spacial score (nSPS) is 23.9. The van der Waals surface area contributed by atoms with Crippen molar-refractivity contribution in [3.05, 3.63) is 41.3 Å². The van der Waals surface area contributed by atoms with Crippen LogP contribution in [0.4, 0.5) is 4.79 Å². The van der Waals surface area contributed by atoms with Crippen LogP contribution in [0.15, 0.2) is 24.3 Å². The van der Waals surface area contributed by atoms with Crippen LogP contribution in [0.2, 0.25) is 0 Å². The van der Waals surface area contributed by atoms with E-state index in [2.05, 4.69) is 4.74 Å². The van der Waals surface area contributed by atoms with E-state index in [1.54, 1.807) is 24.3 Å².